The molecule has 1 aliphatic heterocycles. The molecule has 7 atom stereocenters. The quantitative estimate of drug-likeness (QED) is 0.406. The lowest BCUT2D eigenvalue weighted by Gasteiger charge is -2.38. The molecule has 9 heteroatoms. The maximum Gasteiger partial charge on any atom is 0.335 e. The molecule has 0 amide bonds. The van der Waals surface area contributed by atoms with E-state index in [2.05, 4.69) is 0 Å². The fourth-order valence-corrected chi connectivity index (χ4v) is 3.33. The molecule has 0 unspecified atom stereocenters. The second-order valence-electron chi connectivity index (χ2n) is 7.38. The zero-order chi connectivity index (χ0) is 22.7. The molecule has 3 rings (SSSR count). The third kappa shape index (κ3) is 4.92. The molecule has 0 aromatic heterocycles. The standard InChI is InChI=1S/C22H24O9/c1-11(13-8-5-9-14(10-13)15(23)12-6-3-2-4-7-12)21(29)31-22-18(26)16(24)17(25)19(30-22)20(27)28/h2-11,15-19,22-26H,1H3,(H,27,28)/t11-,15+,16+,17-,18-,19+,22-/m0/s1. The highest BCUT2D eigenvalue weighted by Gasteiger charge is 2.48. The third-order valence-electron chi connectivity index (χ3n) is 5.24. The molecule has 0 spiro atoms. The number of ether oxygens (including phenoxy) is 2. The molecule has 2 aromatic rings. The molecule has 5 N–H and O–H groups in total. The summed E-state index contributed by atoms with van der Waals surface area (Å²) in [6.45, 7) is 1.53. The Morgan fingerprint density at radius 1 is 0.903 bits per heavy atom. The number of aliphatic hydroxyl groups excluding tert-OH is 4. The van der Waals surface area contributed by atoms with E-state index in [1.54, 1.807) is 48.5 Å². The molecular weight excluding hydrogens is 408 g/mol. The van der Waals surface area contributed by atoms with Gasteiger partial charge in [-0.3, -0.25) is 4.79 Å². The fraction of sp³-hybridized carbons (Fsp3) is 0.364. The minimum atomic E-state index is -1.88. The van der Waals surface area contributed by atoms with Gasteiger partial charge in [-0.2, -0.15) is 0 Å². The summed E-state index contributed by atoms with van der Waals surface area (Å²) in [7, 11) is 0. The molecular formula is C22H24O9. The Hall–Kier alpha value is -2.82. The summed E-state index contributed by atoms with van der Waals surface area (Å²) in [5.74, 6) is -3.27. The normalized spacial score (nSPS) is 27.8. The molecule has 1 heterocycles. The van der Waals surface area contributed by atoms with Crippen molar-refractivity contribution >= 4 is 11.9 Å². The SMILES string of the molecule is C[C@H](C(=O)O[C@@H]1O[C@@H](C(=O)O)[C@@H](O)[C@@H](O)[C@@H]1O)c1cccc([C@H](O)c2ccccc2)c1. The third-order valence-corrected chi connectivity index (χ3v) is 5.24. The number of carbonyl (C=O) groups is 2. The smallest absolute Gasteiger partial charge is 0.335 e. The topological polar surface area (TPSA) is 154 Å². The number of hydrogen-bond acceptors (Lipinski definition) is 8. The minimum Gasteiger partial charge on any atom is -0.479 e. The number of carboxylic acid groups (broad SMARTS) is 1. The highest BCUT2D eigenvalue weighted by atomic mass is 16.7. The summed E-state index contributed by atoms with van der Waals surface area (Å²) in [6.07, 6.45) is -10.1. The van der Waals surface area contributed by atoms with Crippen LogP contribution in [0.2, 0.25) is 0 Å². The second-order valence-corrected chi connectivity index (χ2v) is 7.38. The molecule has 0 saturated carbocycles. The van der Waals surface area contributed by atoms with Crippen LogP contribution in [0.5, 0.6) is 0 Å². The first-order valence-electron chi connectivity index (χ1n) is 9.66. The number of aliphatic carboxylic acids is 1. The Bertz CT molecular complexity index is 916. The van der Waals surface area contributed by atoms with Crippen molar-refractivity contribution in [2.24, 2.45) is 0 Å². The molecule has 31 heavy (non-hydrogen) atoms. The summed E-state index contributed by atoms with van der Waals surface area (Å²) >= 11 is 0. The van der Waals surface area contributed by atoms with Crippen LogP contribution in [0.1, 0.15) is 35.6 Å². The highest BCUT2D eigenvalue weighted by Crippen LogP contribution is 2.28. The van der Waals surface area contributed by atoms with E-state index in [-0.39, 0.29) is 0 Å². The Balaban J connectivity index is 1.73. The van der Waals surface area contributed by atoms with Gasteiger partial charge in [-0.15, -0.1) is 0 Å². The molecule has 0 aliphatic carbocycles. The maximum absolute atomic E-state index is 12.6. The van der Waals surface area contributed by atoms with Gasteiger partial charge in [-0.25, -0.2) is 4.79 Å². The van der Waals surface area contributed by atoms with Crippen molar-refractivity contribution in [3.63, 3.8) is 0 Å². The van der Waals surface area contributed by atoms with E-state index in [0.29, 0.717) is 16.7 Å². The number of carboxylic acids is 1. The highest BCUT2D eigenvalue weighted by molar-refractivity contribution is 5.78. The predicted octanol–water partition coefficient (Wildman–Crippen LogP) is 0.307. The van der Waals surface area contributed by atoms with E-state index in [4.69, 9.17) is 14.6 Å². The van der Waals surface area contributed by atoms with Gasteiger partial charge in [0.15, 0.2) is 6.10 Å². The Morgan fingerprint density at radius 2 is 1.52 bits per heavy atom. The van der Waals surface area contributed by atoms with Crippen molar-refractivity contribution in [2.75, 3.05) is 0 Å². The van der Waals surface area contributed by atoms with Crippen LogP contribution in [-0.2, 0) is 19.1 Å². The molecule has 166 valence electrons. The zero-order valence-electron chi connectivity index (χ0n) is 16.6. The summed E-state index contributed by atoms with van der Waals surface area (Å²) in [4.78, 5) is 23.8. The first-order valence-corrected chi connectivity index (χ1v) is 9.66. The van der Waals surface area contributed by atoms with Crippen LogP contribution in [0.4, 0.5) is 0 Å². The van der Waals surface area contributed by atoms with Crippen LogP contribution in [0.25, 0.3) is 0 Å². The van der Waals surface area contributed by atoms with Gasteiger partial charge in [-0.1, -0.05) is 54.6 Å². The summed E-state index contributed by atoms with van der Waals surface area (Å²) in [5, 5.41) is 49.3. The monoisotopic (exact) mass is 432 g/mol. The van der Waals surface area contributed by atoms with Gasteiger partial charge in [0.2, 0.25) is 6.29 Å². The van der Waals surface area contributed by atoms with Crippen molar-refractivity contribution in [1.29, 1.82) is 0 Å². The first-order chi connectivity index (χ1) is 14.7. The molecule has 1 saturated heterocycles. The second kappa shape index (κ2) is 9.54. The van der Waals surface area contributed by atoms with Crippen LogP contribution in [-0.4, -0.2) is 68.2 Å². The predicted molar refractivity (Wildman–Crippen MR) is 106 cm³/mol. The van der Waals surface area contributed by atoms with Gasteiger partial charge in [0, 0.05) is 0 Å². The van der Waals surface area contributed by atoms with Gasteiger partial charge in [0.25, 0.3) is 0 Å². The van der Waals surface area contributed by atoms with Crippen molar-refractivity contribution in [3.05, 3.63) is 71.3 Å². The first kappa shape index (κ1) is 22.9. The minimum absolute atomic E-state index is 0.512. The lowest BCUT2D eigenvalue weighted by Crippen LogP contribution is -2.60. The number of carbonyl (C=O) groups excluding carboxylic acids is 1. The lowest BCUT2D eigenvalue weighted by molar-refractivity contribution is -0.286. The molecule has 9 nitrogen and oxygen atoms in total. The lowest BCUT2D eigenvalue weighted by atomic mass is 9.95. The maximum atomic E-state index is 12.6. The van der Waals surface area contributed by atoms with Gasteiger partial charge in [-0.05, 0) is 23.6 Å². The van der Waals surface area contributed by atoms with Gasteiger partial charge >= 0.3 is 11.9 Å². The molecule has 1 fully saturated rings. The van der Waals surface area contributed by atoms with E-state index < -0.39 is 54.7 Å². The van der Waals surface area contributed by atoms with Crippen LogP contribution in [0.15, 0.2) is 54.6 Å². The molecule has 0 bridgehead atoms. The van der Waals surface area contributed by atoms with Gasteiger partial charge in [0.05, 0.1) is 5.92 Å². The number of benzene rings is 2. The van der Waals surface area contributed by atoms with Gasteiger partial charge in [0.1, 0.15) is 24.4 Å². The number of rotatable bonds is 6. The van der Waals surface area contributed by atoms with Crippen LogP contribution in [0.3, 0.4) is 0 Å². The largest absolute Gasteiger partial charge is 0.479 e. The van der Waals surface area contributed by atoms with Crippen molar-refractivity contribution in [3.8, 4) is 0 Å². The molecule has 2 aromatic carbocycles. The Kier molecular flexibility index (Phi) is 7.04. The fourth-order valence-electron chi connectivity index (χ4n) is 3.33. The summed E-state index contributed by atoms with van der Waals surface area (Å²) in [6, 6.07) is 15.7. The van der Waals surface area contributed by atoms with Crippen molar-refractivity contribution in [2.45, 2.75) is 49.7 Å². The Morgan fingerprint density at radius 3 is 2.16 bits per heavy atom. The average Bonchev–Trinajstić information content (AvgIpc) is 2.78. The van der Waals surface area contributed by atoms with E-state index in [0.717, 1.165) is 0 Å². The van der Waals surface area contributed by atoms with E-state index in [9.17, 15) is 30.0 Å². The van der Waals surface area contributed by atoms with Gasteiger partial charge < -0.3 is 35.0 Å². The average molecular weight is 432 g/mol. The van der Waals surface area contributed by atoms with E-state index in [1.807, 2.05) is 6.07 Å². The van der Waals surface area contributed by atoms with Crippen LogP contribution >= 0.6 is 0 Å². The molecule has 0 radical (unpaired) electrons. The Labute approximate surface area is 178 Å². The van der Waals surface area contributed by atoms with E-state index >= 15 is 0 Å². The van der Waals surface area contributed by atoms with Crippen molar-refractivity contribution < 1.29 is 44.6 Å². The van der Waals surface area contributed by atoms with Crippen LogP contribution in [0, 0.1) is 0 Å². The number of hydrogen-bond donors (Lipinski definition) is 5. The van der Waals surface area contributed by atoms with Crippen molar-refractivity contribution in [1.82, 2.24) is 0 Å². The summed E-state index contributed by atoms with van der Waals surface area (Å²) in [5.41, 5.74) is 1.75. The van der Waals surface area contributed by atoms with E-state index in [1.165, 1.54) is 6.92 Å². The molecule has 1 aliphatic rings. The number of esters is 1. The zero-order valence-corrected chi connectivity index (χ0v) is 16.6. The number of aliphatic hydroxyl groups is 4. The van der Waals surface area contributed by atoms with Crippen LogP contribution < -0.4 is 0 Å². The summed E-state index contributed by atoms with van der Waals surface area (Å²) < 4.78 is 10.1.